The Hall–Kier alpha value is -3.50. The maximum absolute atomic E-state index is 14.6. The molecule has 0 aliphatic carbocycles. The minimum absolute atomic E-state index is 0.109. The Morgan fingerprint density at radius 3 is 2.29 bits per heavy atom. The fourth-order valence-electron chi connectivity index (χ4n) is 4.55. The summed E-state index contributed by atoms with van der Waals surface area (Å²) < 4.78 is 53.5. The Kier molecular flexibility index (Phi) is 5.61. The van der Waals surface area contributed by atoms with Crippen LogP contribution in [0, 0.1) is 12.7 Å². The van der Waals surface area contributed by atoms with Crippen molar-refractivity contribution in [2.75, 3.05) is 24.5 Å². The first-order valence-corrected chi connectivity index (χ1v) is 10.5. The van der Waals surface area contributed by atoms with Crippen LogP contribution in [-0.4, -0.2) is 57.7 Å². The van der Waals surface area contributed by atoms with Crippen molar-refractivity contribution in [3.8, 4) is 0 Å². The Morgan fingerprint density at radius 1 is 1.15 bits per heavy atom. The summed E-state index contributed by atoms with van der Waals surface area (Å²) in [4.78, 5) is 46.5. The molecular formula is C23H22F4N4O3. The number of nitrogens with zero attached hydrogens (tertiary/aromatic N) is 4. The third-order valence-electron chi connectivity index (χ3n) is 6.34. The van der Waals surface area contributed by atoms with Crippen LogP contribution in [0.3, 0.4) is 0 Å². The maximum atomic E-state index is 14.6. The monoisotopic (exact) mass is 478 g/mol. The Morgan fingerprint density at radius 2 is 1.76 bits per heavy atom. The molecule has 1 spiro atoms. The molecular weight excluding hydrogens is 456 g/mol. The number of benzene rings is 1. The second kappa shape index (κ2) is 8.07. The fourth-order valence-corrected chi connectivity index (χ4v) is 4.55. The Bertz CT molecular complexity index is 1160. The van der Waals surface area contributed by atoms with Crippen molar-refractivity contribution >= 4 is 23.5 Å². The van der Waals surface area contributed by atoms with Crippen molar-refractivity contribution in [2.45, 2.75) is 38.5 Å². The lowest BCUT2D eigenvalue weighted by Crippen LogP contribution is -2.81. The minimum Gasteiger partial charge on any atom is -0.337 e. The number of aromatic nitrogens is 1. The molecule has 3 amide bonds. The zero-order chi connectivity index (χ0) is 25.0. The molecule has 0 saturated carbocycles. The second-order valence-electron chi connectivity index (χ2n) is 8.68. The number of halogens is 4. The number of hydrogen-bond acceptors (Lipinski definition) is 4. The van der Waals surface area contributed by atoms with E-state index in [0.29, 0.717) is 11.1 Å². The first kappa shape index (κ1) is 23.7. The Labute approximate surface area is 193 Å². The average Bonchev–Trinajstić information content (AvgIpc) is 2.72. The van der Waals surface area contributed by atoms with E-state index in [4.69, 9.17) is 0 Å². The van der Waals surface area contributed by atoms with Gasteiger partial charge in [-0.3, -0.25) is 19.3 Å². The third-order valence-corrected chi connectivity index (χ3v) is 6.34. The van der Waals surface area contributed by atoms with Crippen molar-refractivity contribution in [2.24, 2.45) is 0 Å². The van der Waals surface area contributed by atoms with Gasteiger partial charge in [0.25, 0.3) is 5.91 Å². The average molecular weight is 478 g/mol. The number of alkyl halides is 3. The molecule has 2 saturated heterocycles. The number of amides is 3. The van der Waals surface area contributed by atoms with Crippen LogP contribution < -0.4 is 4.90 Å². The smallest absolute Gasteiger partial charge is 0.337 e. The van der Waals surface area contributed by atoms with E-state index in [9.17, 15) is 31.9 Å². The van der Waals surface area contributed by atoms with Crippen LogP contribution >= 0.6 is 0 Å². The molecule has 0 bridgehead atoms. The van der Waals surface area contributed by atoms with Crippen molar-refractivity contribution in [1.82, 2.24) is 14.8 Å². The lowest BCUT2D eigenvalue weighted by Gasteiger charge is -2.59. The van der Waals surface area contributed by atoms with Crippen LogP contribution in [0.2, 0.25) is 0 Å². The quantitative estimate of drug-likeness (QED) is 0.636. The molecule has 0 N–H and O–H groups in total. The van der Waals surface area contributed by atoms with Crippen LogP contribution in [0.1, 0.15) is 36.6 Å². The molecule has 34 heavy (non-hydrogen) atoms. The molecule has 0 unspecified atom stereocenters. The second-order valence-corrected chi connectivity index (χ2v) is 8.68. The summed E-state index contributed by atoms with van der Waals surface area (Å²) >= 11 is 0. The molecule has 1 aromatic heterocycles. The van der Waals surface area contributed by atoms with Gasteiger partial charge in [-0.2, -0.15) is 13.2 Å². The standard InChI is InChI=1S/C23H22F4N4O3/c1-13-8-18(24)20(28-9-13)30-10-19(33)31(22(21(30)34)11-29(12-22)15(3)32)14(2)16-4-6-17(7-5-16)23(25,26)27/h4-9,14H,10-12H2,1-3H3/t14-/m0/s1. The van der Waals surface area contributed by atoms with Crippen LogP contribution in [-0.2, 0) is 20.6 Å². The number of rotatable bonds is 3. The molecule has 180 valence electrons. The van der Waals surface area contributed by atoms with Gasteiger partial charge in [0.05, 0.1) is 24.7 Å². The van der Waals surface area contributed by atoms with Crippen LogP contribution in [0.25, 0.3) is 0 Å². The molecule has 7 nitrogen and oxygen atoms in total. The summed E-state index contributed by atoms with van der Waals surface area (Å²) in [5, 5.41) is 0. The number of anilines is 1. The van der Waals surface area contributed by atoms with Gasteiger partial charge in [-0.1, -0.05) is 12.1 Å². The largest absolute Gasteiger partial charge is 0.416 e. The first-order chi connectivity index (χ1) is 15.8. The van der Waals surface area contributed by atoms with Crippen LogP contribution in [0.15, 0.2) is 36.5 Å². The van der Waals surface area contributed by atoms with Crippen molar-refractivity contribution in [1.29, 1.82) is 0 Å². The number of hydrogen-bond donors (Lipinski definition) is 0. The fraction of sp³-hybridized carbons (Fsp3) is 0.391. The summed E-state index contributed by atoms with van der Waals surface area (Å²) in [6, 6.07) is 4.77. The van der Waals surface area contributed by atoms with E-state index in [-0.39, 0.29) is 24.8 Å². The molecule has 2 aliphatic heterocycles. The van der Waals surface area contributed by atoms with E-state index < -0.39 is 47.5 Å². The van der Waals surface area contributed by atoms with Gasteiger partial charge in [0, 0.05) is 13.1 Å². The highest BCUT2D eigenvalue weighted by atomic mass is 19.4. The van der Waals surface area contributed by atoms with Crippen LogP contribution in [0.4, 0.5) is 23.4 Å². The number of likely N-dealkylation sites (tertiary alicyclic amines) is 1. The molecule has 3 heterocycles. The van der Waals surface area contributed by atoms with Gasteiger partial charge in [-0.15, -0.1) is 0 Å². The van der Waals surface area contributed by atoms with Gasteiger partial charge in [0.1, 0.15) is 6.54 Å². The third kappa shape index (κ3) is 3.78. The predicted molar refractivity (Wildman–Crippen MR) is 113 cm³/mol. The van der Waals surface area contributed by atoms with Gasteiger partial charge in [-0.25, -0.2) is 9.37 Å². The molecule has 11 heteroatoms. The summed E-state index contributed by atoms with van der Waals surface area (Å²) in [6.45, 7) is 3.86. The van der Waals surface area contributed by atoms with Crippen LogP contribution in [0.5, 0.6) is 0 Å². The number of pyridine rings is 1. The first-order valence-electron chi connectivity index (χ1n) is 10.5. The predicted octanol–water partition coefficient (Wildman–Crippen LogP) is 3.09. The molecule has 0 radical (unpaired) electrons. The van der Waals surface area contributed by atoms with Crippen molar-refractivity contribution < 1.29 is 31.9 Å². The highest BCUT2D eigenvalue weighted by Crippen LogP contribution is 2.41. The van der Waals surface area contributed by atoms with Gasteiger partial charge in [0.15, 0.2) is 17.2 Å². The van der Waals surface area contributed by atoms with Gasteiger partial charge in [0.2, 0.25) is 11.8 Å². The Balaban J connectivity index is 1.72. The van der Waals surface area contributed by atoms with Gasteiger partial charge >= 0.3 is 6.18 Å². The van der Waals surface area contributed by atoms with E-state index in [1.807, 2.05) is 0 Å². The summed E-state index contributed by atoms with van der Waals surface area (Å²) in [7, 11) is 0. The topological polar surface area (TPSA) is 73.8 Å². The molecule has 2 aromatic rings. The molecule has 4 rings (SSSR count). The van der Waals surface area contributed by atoms with E-state index in [2.05, 4.69) is 4.98 Å². The SMILES string of the molecule is CC(=O)N1CC2(C1)C(=O)N(c1ncc(C)cc1F)CC(=O)N2[C@@H](C)c1ccc(C(F)(F)F)cc1. The molecule has 2 aliphatic rings. The van der Waals surface area contributed by atoms with Gasteiger partial charge < -0.3 is 9.80 Å². The van der Waals surface area contributed by atoms with Crippen molar-refractivity contribution in [3.63, 3.8) is 0 Å². The molecule has 1 aromatic carbocycles. The zero-order valence-corrected chi connectivity index (χ0v) is 18.7. The van der Waals surface area contributed by atoms with E-state index in [1.54, 1.807) is 13.8 Å². The lowest BCUT2D eigenvalue weighted by molar-refractivity contribution is -0.172. The summed E-state index contributed by atoms with van der Waals surface area (Å²) in [6.07, 6.45) is -3.13. The maximum Gasteiger partial charge on any atom is 0.416 e. The number of carbonyl (C=O) groups excluding carboxylic acids is 3. The normalized spacial score (nSPS) is 18.9. The van der Waals surface area contributed by atoms with E-state index in [1.165, 1.54) is 41.1 Å². The van der Waals surface area contributed by atoms with E-state index >= 15 is 0 Å². The summed E-state index contributed by atoms with van der Waals surface area (Å²) in [5.74, 6) is -2.48. The minimum atomic E-state index is -4.51. The number of aryl methyl sites for hydroxylation is 1. The zero-order valence-electron chi connectivity index (χ0n) is 18.7. The molecule has 2 fully saturated rings. The highest BCUT2D eigenvalue weighted by Gasteiger charge is 2.62. The van der Waals surface area contributed by atoms with E-state index in [0.717, 1.165) is 17.0 Å². The number of carbonyl (C=O) groups is 3. The van der Waals surface area contributed by atoms with Crippen molar-refractivity contribution in [3.05, 3.63) is 59.0 Å². The van der Waals surface area contributed by atoms with Gasteiger partial charge in [-0.05, 0) is 43.2 Å². The lowest BCUT2D eigenvalue weighted by atomic mass is 9.81. The molecule has 1 atom stereocenters. The summed E-state index contributed by atoms with van der Waals surface area (Å²) in [5.41, 5.74) is -1.39. The highest BCUT2D eigenvalue weighted by molar-refractivity contribution is 6.10. The number of piperazine rings is 1.